The van der Waals surface area contributed by atoms with Gasteiger partial charge in [0.15, 0.2) is 4.80 Å². The molecule has 204 valence electrons. The molecule has 3 aromatic carbocycles. The lowest BCUT2D eigenvalue weighted by Gasteiger charge is -2.24. The van der Waals surface area contributed by atoms with Gasteiger partial charge in [-0.25, -0.2) is 9.79 Å². The molecule has 0 saturated carbocycles. The van der Waals surface area contributed by atoms with Gasteiger partial charge in [0.25, 0.3) is 5.56 Å². The van der Waals surface area contributed by atoms with Crippen LogP contribution in [0.25, 0.3) is 6.08 Å². The number of aromatic nitrogens is 1. The van der Waals surface area contributed by atoms with E-state index in [1.165, 1.54) is 11.3 Å². The maximum atomic E-state index is 13.8. The van der Waals surface area contributed by atoms with Gasteiger partial charge in [0, 0.05) is 10.6 Å². The molecule has 0 radical (unpaired) electrons. The molecule has 0 spiro atoms. The van der Waals surface area contributed by atoms with E-state index < -0.39 is 12.0 Å². The molecule has 4 aromatic rings. The van der Waals surface area contributed by atoms with Crippen LogP contribution in [0.2, 0.25) is 5.02 Å². The Bertz CT molecular complexity index is 1790. The minimum Gasteiger partial charge on any atom is -0.487 e. The predicted octanol–water partition coefficient (Wildman–Crippen LogP) is 6.24. The van der Waals surface area contributed by atoms with Crippen LogP contribution in [0.4, 0.5) is 0 Å². The Morgan fingerprint density at radius 1 is 1.10 bits per heavy atom. The van der Waals surface area contributed by atoms with Crippen LogP contribution in [-0.2, 0) is 16.1 Å². The SMILES string of the molecule is CCOC(=O)C1=C(C)N=c2s/c(=C/c3cc(I)c(OCc4ccccc4Cl)c(I)c3)c(=O)n2[C@H]1c1ccccc1. The number of esters is 1. The van der Waals surface area contributed by atoms with Crippen LogP contribution >= 0.6 is 68.1 Å². The Labute approximate surface area is 267 Å². The number of rotatable bonds is 7. The van der Waals surface area contributed by atoms with Crippen molar-refractivity contribution in [2.75, 3.05) is 6.61 Å². The van der Waals surface area contributed by atoms with Gasteiger partial charge in [0.2, 0.25) is 0 Å². The summed E-state index contributed by atoms with van der Waals surface area (Å²) in [6, 6.07) is 20.4. The van der Waals surface area contributed by atoms with E-state index >= 15 is 0 Å². The molecule has 1 aromatic heterocycles. The number of benzene rings is 3. The van der Waals surface area contributed by atoms with Crippen molar-refractivity contribution >= 4 is 80.2 Å². The van der Waals surface area contributed by atoms with Crippen LogP contribution in [0.15, 0.2) is 87.8 Å². The fraction of sp³-hybridized carbons (Fsp3) is 0.167. The summed E-state index contributed by atoms with van der Waals surface area (Å²) in [5, 5.41) is 0.662. The van der Waals surface area contributed by atoms with Crippen LogP contribution in [0.1, 0.15) is 36.6 Å². The highest BCUT2D eigenvalue weighted by Crippen LogP contribution is 2.32. The number of allylic oxidation sites excluding steroid dienone is 1. The van der Waals surface area contributed by atoms with E-state index in [-0.39, 0.29) is 12.2 Å². The van der Waals surface area contributed by atoms with Crippen molar-refractivity contribution < 1.29 is 14.3 Å². The molecule has 0 aliphatic carbocycles. The maximum absolute atomic E-state index is 13.8. The van der Waals surface area contributed by atoms with E-state index in [1.807, 2.05) is 72.8 Å². The van der Waals surface area contributed by atoms with Crippen LogP contribution in [0, 0.1) is 7.14 Å². The summed E-state index contributed by atoms with van der Waals surface area (Å²) in [5.74, 6) is 0.293. The minimum absolute atomic E-state index is 0.212. The molecule has 0 fully saturated rings. The third-order valence-electron chi connectivity index (χ3n) is 6.28. The molecular weight excluding hydrogens is 774 g/mol. The minimum atomic E-state index is -0.625. The quantitative estimate of drug-likeness (QED) is 0.164. The van der Waals surface area contributed by atoms with Gasteiger partial charge in [0.1, 0.15) is 12.4 Å². The molecule has 2 heterocycles. The second-order valence-electron chi connectivity index (χ2n) is 8.91. The lowest BCUT2D eigenvalue weighted by molar-refractivity contribution is -0.139. The highest BCUT2D eigenvalue weighted by Gasteiger charge is 2.33. The fourth-order valence-electron chi connectivity index (χ4n) is 4.46. The van der Waals surface area contributed by atoms with Crippen molar-refractivity contribution in [3.05, 3.63) is 127 Å². The largest absolute Gasteiger partial charge is 0.487 e. The van der Waals surface area contributed by atoms with E-state index in [1.54, 1.807) is 18.4 Å². The van der Waals surface area contributed by atoms with E-state index in [4.69, 9.17) is 21.1 Å². The van der Waals surface area contributed by atoms with Gasteiger partial charge in [-0.05, 0) is 94.4 Å². The smallest absolute Gasteiger partial charge is 0.338 e. The molecule has 1 atom stereocenters. The lowest BCUT2D eigenvalue weighted by Crippen LogP contribution is -2.39. The number of carbonyl (C=O) groups is 1. The van der Waals surface area contributed by atoms with Crippen LogP contribution in [0.5, 0.6) is 5.75 Å². The summed E-state index contributed by atoms with van der Waals surface area (Å²) in [6.07, 6.45) is 1.86. The molecule has 10 heteroatoms. The monoisotopic (exact) mass is 796 g/mol. The molecule has 40 heavy (non-hydrogen) atoms. The number of carbonyl (C=O) groups excluding carboxylic acids is 1. The number of thiazole rings is 1. The van der Waals surface area contributed by atoms with Crippen LogP contribution < -0.4 is 19.6 Å². The Morgan fingerprint density at radius 2 is 1.77 bits per heavy atom. The van der Waals surface area contributed by atoms with Gasteiger partial charge < -0.3 is 9.47 Å². The average molecular weight is 797 g/mol. The summed E-state index contributed by atoms with van der Waals surface area (Å²) in [5.41, 5.74) is 3.29. The van der Waals surface area contributed by atoms with Crippen LogP contribution in [0.3, 0.4) is 0 Å². The van der Waals surface area contributed by atoms with Crippen molar-refractivity contribution in [3.63, 3.8) is 0 Å². The highest BCUT2D eigenvalue weighted by molar-refractivity contribution is 14.1. The van der Waals surface area contributed by atoms with E-state index in [0.29, 0.717) is 32.2 Å². The average Bonchev–Trinajstić information content (AvgIpc) is 3.23. The number of hydrogen-bond donors (Lipinski definition) is 0. The molecule has 0 N–H and O–H groups in total. The molecule has 0 bridgehead atoms. The molecule has 1 aliphatic heterocycles. The van der Waals surface area contributed by atoms with Crippen molar-refractivity contribution in [1.82, 2.24) is 4.57 Å². The Hall–Kier alpha value is -2.48. The first-order chi connectivity index (χ1) is 19.3. The summed E-state index contributed by atoms with van der Waals surface area (Å²) in [4.78, 5) is 32.0. The molecule has 6 nitrogen and oxygen atoms in total. The first kappa shape index (κ1) is 29.0. The third kappa shape index (κ3) is 5.93. The number of halogens is 3. The third-order valence-corrected chi connectivity index (χ3v) is 9.23. The van der Waals surface area contributed by atoms with Crippen molar-refractivity contribution in [2.24, 2.45) is 4.99 Å². The normalized spacial score (nSPS) is 15.0. The zero-order chi connectivity index (χ0) is 28.4. The Morgan fingerprint density at radius 3 is 2.45 bits per heavy atom. The molecule has 5 rings (SSSR count). The fourth-order valence-corrected chi connectivity index (χ4v) is 7.82. The number of nitrogens with zero attached hydrogens (tertiary/aromatic N) is 2. The standard InChI is InChI=1S/C30H23ClI2N2O4S/c1-3-38-29(37)25-17(2)34-30-35(26(25)19-9-5-4-6-10-19)28(36)24(40-30)15-18-13-22(32)27(23(33)14-18)39-16-20-11-7-8-12-21(20)31/h4-15,26H,3,16H2,1-2H3/b24-15+/t26-/m0/s1. The second kappa shape index (κ2) is 12.6. The number of ether oxygens (including phenoxy) is 2. The topological polar surface area (TPSA) is 69.9 Å². The van der Waals surface area contributed by atoms with Gasteiger partial charge >= 0.3 is 5.97 Å². The zero-order valence-electron chi connectivity index (χ0n) is 21.5. The molecule has 0 saturated heterocycles. The molecule has 0 amide bonds. The van der Waals surface area contributed by atoms with Gasteiger partial charge in [0.05, 0.1) is 35.6 Å². The Kier molecular flexibility index (Phi) is 9.13. The summed E-state index contributed by atoms with van der Waals surface area (Å²) >= 11 is 12.1. The number of hydrogen-bond acceptors (Lipinski definition) is 6. The molecular formula is C30H23ClI2N2O4S. The summed E-state index contributed by atoms with van der Waals surface area (Å²) in [6.45, 7) is 4.13. The van der Waals surface area contributed by atoms with E-state index in [9.17, 15) is 9.59 Å². The highest BCUT2D eigenvalue weighted by atomic mass is 127. The zero-order valence-corrected chi connectivity index (χ0v) is 27.4. The van der Waals surface area contributed by atoms with E-state index in [2.05, 4.69) is 50.2 Å². The molecule has 0 unspecified atom stereocenters. The second-order valence-corrected chi connectivity index (χ2v) is 12.6. The van der Waals surface area contributed by atoms with Crippen molar-refractivity contribution in [3.8, 4) is 5.75 Å². The molecule has 1 aliphatic rings. The number of fused-ring (bicyclic) bond motifs is 1. The first-order valence-electron chi connectivity index (χ1n) is 12.4. The lowest BCUT2D eigenvalue weighted by atomic mass is 9.96. The predicted molar refractivity (Wildman–Crippen MR) is 175 cm³/mol. The van der Waals surface area contributed by atoms with Gasteiger partial charge in [-0.3, -0.25) is 9.36 Å². The van der Waals surface area contributed by atoms with Crippen molar-refractivity contribution in [1.29, 1.82) is 0 Å². The van der Waals surface area contributed by atoms with E-state index in [0.717, 1.165) is 29.6 Å². The van der Waals surface area contributed by atoms with Gasteiger partial charge in [-0.15, -0.1) is 0 Å². The first-order valence-corrected chi connectivity index (χ1v) is 15.7. The summed E-state index contributed by atoms with van der Waals surface area (Å²) < 4.78 is 15.4. The van der Waals surface area contributed by atoms with Gasteiger partial charge in [-0.2, -0.15) is 0 Å². The van der Waals surface area contributed by atoms with Crippen LogP contribution in [-0.4, -0.2) is 17.1 Å². The van der Waals surface area contributed by atoms with Gasteiger partial charge in [-0.1, -0.05) is 71.5 Å². The maximum Gasteiger partial charge on any atom is 0.338 e. The van der Waals surface area contributed by atoms with Crippen molar-refractivity contribution in [2.45, 2.75) is 26.5 Å². The summed E-state index contributed by atoms with van der Waals surface area (Å²) in [7, 11) is 0. The Balaban J connectivity index is 1.55.